The van der Waals surface area contributed by atoms with E-state index in [9.17, 15) is 0 Å². The van der Waals surface area contributed by atoms with E-state index >= 15 is 0 Å². The van der Waals surface area contributed by atoms with E-state index in [1.54, 1.807) is 12.4 Å². The Balaban J connectivity index is 2.25. The first kappa shape index (κ1) is 11.9. The van der Waals surface area contributed by atoms with E-state index in [2.05, 4.69) is 50.6 Å². The molecule has 0 aliphatic carbocycles. The number of halogens is 1. The number of nitrogens with one attached hydrogen (secondary N) is 2. The minimum absolute atomic E-state index is 0.960. The highest BCUT2D eigenvalue weighted by molar-refractivity contribution is 9.10. The van der Waals surface area contributed by atoms with Crippen molar-refractivity contribution in [2.45, 2.75) is 6.92 Å². The Morgan fingerprint density at radius 2 is 1.88 bits per heavy atom. The van der Waals surface area contributed by atoms with Gasteiger partial charge in [-0.1, -0.05) is 6.07 Å². The smallest absolute Gasteiger partial charge is 0.0591 e. The van der Waals surface area contributed by atoms with E-state index in [0.717, 1.165) is 21.5 Å². The van der Waals surface area contributed by atoms with Gasteiger partial charge < -0.3 is 10.6 Å². The summed E-state index contributed by atoms with van der Waals surface area (Å²) in [4.78, 5) is 4.16. The molecule has 2 N–H and O–H groups in total. The number of aromatic nitrogens is 1. The SMILES string of the molecule is CNc1cncc(Nc2ccc(C)cc2Br)c1. The summed E-state index contributed by atoms with van der Waals surface area (Å²) in [6.45, 7) is 2.07. The lowest BCUT2D eigenvalue weighted by molar-refractivity contribution is 1.30. The monoisotopic (exact) mass is 291 g/mol. The predicted octanol–water partition coefficient (Wildman–Crippen LogP) is 3.94. The van der Waals surface area contributed by atoms with Gasteiger partial charge in [-0.05, 0) is 46.6 Å². The summed E-state index contributed by atoms with van der Waals surface area (Å²) in [6, 6.07) is 8.21. The number of pyridine rings is 1. The van der Waals surface area contributed by atoms with Crippen molar-refractivity contribution < 1.29 is 0 Å². The quantitative estimate of drug-likeness (QED) is 0.899. The summed E-state index contributed by atoms with van der Waals surface area (Å²) in [5.74, 6) is 0. The van der Waals surface area contributed by atoms with Crippen LogP contribution < -0.4 is 10.6 Å². The van der Waals surface area contributed by atoms with Gasteiger partial charge in [0.2, 0.25) is 0 Å². The van der Waals surface area contributed by atoms with E-state index in [4.69, 9.17) is 0 Å². The van der Waals surface area contributed by atoms with Gasteiger partial charge in [0.05, 0.1) is 29.5 Å². The van der Waals surface area contributed by atoms with Crippen LogP contribution in [0.4, 0.5) is 17.1 Å². The Morgan fingerprint density at radius 1 is 1.12 bits per heavy atom. The molecule has 1 aromatic heterocycles. The van der Waals surface area contributed by atoms with Crippen molar-refractivity contribution in [3.05, 3.63) is 46.7 Å². The Labute approximate surface area is 109 Å². The molecule has 2 aromatic rings. The van der Waals surface area contributed by atoms with Crippen LogP contribution in [0.25, 0.3) is 0 Å². The summed E-state index contributed by atoms with van der Waals surface area (Å²) in [7, 11) is 1.88. The number of hydrogen-bond acceptors (Lipinski definition) is 3. The second-order valence-corrected chi connectivity index (χ2v) is 4.67. The largest absolute Gasteiger partial charge is 0.387 e. The zero-order valence-corrected chi connectivity index (χ0v) is 11.4. The molecular formula is C13H14BrN3. The fourth-order valence-electron chi connectivity index (χ4n) is 1.52. The number of hydrogen-bond donors (Lipinski definition) is 2. The van der Waals surface area contributed by atoms with Crippen molar-refractivity contribution in [2.75, 3.05) is 17.7 Å². The van der Waals surface area contributed by atoms with E-state index in [0.29, 0.717) is 0 Å². The molecular weight excluding hydrogens is 278 g/mol. The third kappa shape index (κ3) is 2.97. The number of benzene rings is 1. The molecule has 0 saturated carbocycles. The van der Waals surface area contributed by atoms with E-state index in [1.807, 2.05) is 19.2 Å². The van der Waals surface area contributed by atoms with Gasteiger partial charge >= 0.3 is 0 Å². The van der Waals surface area contributed by atoms with Gasteiger partial charge in [-0.25, -0.2) is 0 Å². The molecule has 0 fully saturated rings. The fourth-order valence-corrected chi connectivity index (χ4v) is 2.11. The first-order valence-electron chi connectivity index (χ1n) is 5.35. The molecule has 0 spiro atoms. The van der Waals surface area contributed by atoms with Crippen LogP contribution in [0, 0.1) is 6.92 Å². The molecule has 4 heteroatoms. The lowest BCUT2D eigenvalue weighted by Crippen LogP contribution is -1.95. The standard InChI is InChI=1S/C13H14BrN3/c1-9-3-4-13(12(14)5-9)17-11-6-10(15-2)7-16-8-11/h3-8,15,17H,1-2H3. The normalized spacial score (nSPS) is 10.1. The lowest BCUT2D eigenvalue weighted by atomic mass is 10.2. The molecule has 0 amide bonds. The number of nitrogens with zero attached hydrogens (tertiary/aromatic N) is 1. The molecule has 0 atom stereocenters. The molecule has 88 valence electrons. The third-order valence-corrected chi connectivity index (χ3v) is 3.09. The zero-order valence-electron chi connectivity index (χ0n) is 9.79. The zero-order chi connectivity index (χ0) is 12.3. The third-order valence-electron chi connectivity index (χ3n) is 2.43. The van der Waals surface area contributed by atoms with Crippen LogP contribution in [0.15, 0.2) is 41.1 Å². The molecule has 2 rings (SSSR count). The lowest BCUT2D eigenvalue weighted by Gasteiger charge is -2.10. The van der Waals surface area contributed by atoms with Crippen LogP contribution in [-0.4, -0.2) is 12.0 Å². The van der Waals surface area contributed by atoms with Crippen LogP contribution in [0.5, 0.6) is 0 Å². The molecule has 0 saturated heterocycles. The van der Waals surface area contributed by atoms with Gasteiger partial charge in [-0.15, -0.1) is 0 Å². The van der Waals surface area contributed by atoms with Crippen LogP contribution in [-0.2, 0) is 0 Å². The molecule has 0 bridgehead atoms. The molecule has 17 heavy (non-hydrogen) atoms. The summed E-state index contributed by atoms with van der Waals surface area (Å²) in [5, 5.41) is 6.39. The maximum Gasteiger partial charge on any atom is 0.0591 e. The average molecular weight is 292 g/mol. The first-order valence-corrected chi connectivity index (χ1v) is 6.14. The minimum atomic E-state index is 0.960. The molecule has 0 unspecified atom stereocenters. The minimum Gasteiger partial charge on any atom is -0.387 e. The number of rotatable bonds is 3. The van der Waals surface area contributed by atoms with Crippen LogP contribution in [0.2, 0.25) is 0 Å². The number of aryl methyl sites for hydroxylation is 1. The van der Waals surface area contributed by atoms with Crippen molar-refractivity contribution in [2.24, 2.45) is 0 Å². The Morgan fingerprint density at radius 3 is 2.59 bits per heavy atom. The highest BCUT2D eigenvalue weighted by atomic mass is 79.9. The summed E-state index contributed by atoms with van der Waals surface area (Å²) in [6.07, 6.45) is 3.59. The molecule has 3 nitrogen and oxygen atoms in total. The van der Waals surface area contributed by atoms with E-state index in [1.165, 1.54) is 5.56 Å². The highest BCUT2D eigenvalue weighted by Gasteiger charge is 2.01. The van der Waals surface area contributed by atoms with Gasteiger partial charge in [-0.2, -0.15) is 0 Å². The molecule has 0 aliphatic rings. The van der Waals surface area contributed by atoms with Gasteiger partial charge in [0, 0.05) is 11.5 Å². The van der Waals surface area contributed by atoms with Gasteiger partial charge in [-0.3, -0.25) is 4.98 Å². The number of anilines is 3. The molecule has 0 aliphatic heterocycles. The maximum absolute atomic E-state index is 4.16. The Hall–Kier alpha value is -1.55. The predicted molar refractivity (Wildman–Crippen MR) is 75.9 cm³/mol. The maximum atomic E-state index is 4.16. The average Bonchev–Trinajstić information content (AvgIpc) is 2.33. The van der Waals surface area contributed by atoms with E-state index < -0.39 is 0 Å². The summed E-state index contributed by atoms with van der Waals surface area (Å²) < 4.78 is 1.05. The second-order valence-electron chi connectivity index (χ2n) is 3.82. The van der Waals surface area contributed by atoms with Crippen molar-refractivity contribution in [3.63, 3.8) is 0 Å². The van der Waals surface area contributed by atoms with Crippen LogP contribution in [0.1, 0.15) is 5.56 Å². The van der Waals surface area contributed by atoms with Crippen molar-refractivity contribution in [3.8, 4) is 0 Å². The molecule has 1 heterocycles. The van der Waals surface area contributed by atoms with Crippen molar-refractivity contribution in [1.29, 1.82) is 0 Å². The first-order chi connectivity index (χ1) is 8.19. The summed E-state index contributed by atoms with van der Waals surface area (Å²) in [5.41, 5.74) is 4.20. The second kappa shape index (κ2) is 5.19. The Bertz CT molecular complexity index is 526. The molecule has 0 radical (unpaired) electrons. The van der Waals surface area contributed by atoms with Crippen LogP contribution in [0.3, 0.4) is 0 Å². The van der Waals surface area contributed by atoms with Crippen molar-refractivity contribution >= 4 is 33.0 Å². The topological polar surface area (TPSA) is 37.0 Å². The van der Waals surface area contributed by atoms with Gasteiger partial charge in [0.1, 0.15) is 0 Å². The van der Waals surface area contributed by atoms with E-state index in [-0.39, 0.29) is 0 Å². The van der Waals surface area contributed by atoms with Crippen molar-refractivity contribution in [1.82, 2.24) is 4.98 Å². The molecule has 1 aromatic carbocycles. The fraction of sp³-hybridized carbons (Fsp3) is 0.154. The van der Waals surface area contributed by atoms with Crippen LogP contribution >= 0.6 is 15.9 Å². The summed E-state index contributed by atoms with van der Waals surface area (Å²) >= 11 is 3.54. The Kier molecular flexibility index (Phi) is 3.64. The van der Waals surface area contributed by atoms with Gasteiger partial charge in [0.15, 0.2) is 0 Å². The van der Waals surface area contributed by atoms with Gasteiger partial charge in [0.25, 0.3) is 0 Å². The highest BCUT2D eigenvalue weighted by Crippen LogP contribution is 2.27.